The van der Waals surface area contributed by atoms with Gasteiger partial charge in [0.1, 0.15) is 0 Å². The number of carbonyl (C=O) groups is 2. The quantitative estimate of drug-likeness (QED) is 0.389. The van der Waals surface area contributed by atoms with Gasteiger partial charge in [0.2, 0.25) is 5.91 Å². The van der Waals surface area contributed by atoms with Crippen LogP contribution in [0.1, 0.15) is 42.5 Å². The number of hydrogen-bond acceptors (Lipinski definition) is 5. The number of halogens is 2. The molecule has 1 aromatic heterocycles. The van der Waals surface area contributed by atoms with Crippen molar-refractivity contribution in [3.63, 3.8) is 0 Å². The number of nitrogens with zero attached hydrogens (tertiary/aromatic N) is 1. The molecule has 31 heavy (non-hydrogen) atoms. The summed E-state index contributed by atoms with van der Waals surface area (Å²) in [5.41, 5.74) is 1.84. The number of benzene rings is 2. The van der Waals surface area contributed by atoms with Crippen molar-refractivity contribution in [2.45, 2.75) is 42.5 Å². The highest BCUT2D eigenvalue weighted by Crippen LogP contribution is 2.32. The lowest BCUT2D eigenvalue weighted by atomic mass is 9.95. The van der Waals surface area contributed by atoms with Crippen LogP contribution in [0.4, 0.5) is 5.69 Å². The van der Waals surface area contributed by atoms with Crippen molar-refractivity contribution in [2.75, 3.05) is 11.1 Å². The molecule has 0 radical (unpaired) electrons. The third kappa shape index (κ3) is 5.92. The van der Waals surface area contributed by atoms with Gasteiger partial charge >= 0.3 is 0 Å². The van der Waals surface area contributed by atoms with Crippen LogP contribution in [-0.2, 0) is 4.79 Å². The van der Waals surface area contributed by atoms with Crippen molar-refractivity contribution in [2.24, 2.45) is 0 Å². The van der Waals surface area contributed by atoms with Gasteiger partial charge in [-0.1, -0.05) is 54.2 Å². The maximum absolute atomic E-state index is 12.5. The number of nitrogens with one attached hydrogen (secondary N) is 2. The molecular weight excluding hydrogens is 473 g/mol. The molecule has 3 aromatic rings. The number of fused-ring (bicyclic) bond motifs is 1. The van der Waals surface area contributed by atoms with Crippen LogP contribution in [0.2, 0.25) is 10.0 Å². The molecular formula is C22H21Cl2N3O2S2. The molecule has 9 heteroatoms. The maximum Gasteiger partial charge on any atom is 0.257 e. The fourth-order valence-corrected chi connectivity index (χ4v) is 5.97. The van der Waals surface area contributed by atoms with E-state index in [1.165, 1.54) is 42.4 Å². The Labute approximate surface area is 198 Å². The van der Waals surface area contributed by atoms with Gasteiger partial charge in [-0.3, -0.25) is 9.59 Å². The first kappa shape index (κ1) is 22.4. The van der Waals surface area contributed by atoms with E-state index < -0.39 is 0 Å². The molecule has 1 aliphatic carbocycles. The normalized spacial score (nSPS) is 14.5. The minimum absolute atomic E-state index is 0.0592. The highest BCUT2D eigenvalue weighted by atomic mass is 35.5. The second-order valence-electron chi connectivity index (χ2n) is 7.43. The lowest BCUT2D eigenvalue weighted by Gasteiger charge is -2.22. The number of hydrogen-bond donors (Lipinski definition) is 2. The minimum Gasteiger partial charge on any atom is -0.353 e. The molecule has 2 amide bonds. The number of amides is 2. The molecule has 0 aliphatic heterocycles. The van der Waals surface area contributed by atoms with Crippen LogP contribution < -0.4 is 10.6 Å². The Morgan fingerprint density at radius 3 is 2.68 bits per heavy atom. The minimum atomic E-state index is -0.306. The van der Waals surface area contributed by atoms with Crippen molar-refractivity contribution < 1.29 is 9.59 Å². The standard InChI is InChI=1S/C22H21Cl2N3O2S2/c23-13-6-8-16(17(24)10-13)21(29)26-15-7-9-18-19(11-15)31-22(27-18)30-12-20(28)25-14-4-2-1-3-5-14/h6-11,14H,1-5,12H2,(H,25,28)(H,26,29). The molecule has 4 rings (SSSR count). The van der Waals surface area contributed by atoms with Crippen molar-refractivity contribution >= 4 is 74.0 Å². The summed E-state index contributed by atoms with van der Waals surface area (Å²) in [5, 5.41) is 6.76. The summed E-state index contributed by atoms with van der Waals surface area (Å²) in [6.45, 7) is 0. The molecule has 1 fully saturated rings. The van der Waals surface area contributed by atoms with E-state index in [4.69, 9.17) is 23.2 Å². The van der Waals surface area contributed by atoms with Gasteiger partial charge in [-0.05, 0) is 49.2 Å². The average molecular weight is 494 g/mol. The van der Waals surface area contributed by atoms with Crippen LogP contribution in [0.5, 0.6) is 0 Å². The number of carbonyl (C=O) groups excluding carboxylic acids is 2. The van der Waals surface area contributed by atoms with Crippen LogP contribution in [0.3, 0.4) is 0 Å². The first-order valence-electron chi connectivity index (χ1n) is 10.1. The zero-order valence-corrected chi connectivity index (χ0v) is 19.8. The monoisotopic (exact) mass is 493 g/mol. The van der Waals surface area contributed by atoms with E-state index in [0.717, 1.165) is 27.4 Å². The Bertz CT molecular complexity index is 1110. The van der Waals surface area contributed by atoms with Crippen molar-refractivity contribution in [1.29, 1.82) is 0 Å². The van der Waals surface area contributed by atoms with Gasteiger partial charge in [-0.25, -0.2) is 4.98 Å². The number of anilines is 1. The lowest BCUT2D eigenvalue weighted by molar-refractivity contribution is -0.119. The molecule has 1 saturated carbocycles. The molecule has 0 unspecified atom stereocenters. The van der Waals surface area contributed by atoms with E-state index in [9.17, 15) is 9.59 Å². The molecule has 1 heterocycles. The Kier molecular flexibility index (Phi) is 7.38. The topological polar surface area (TPSA) is 71.1 Å². The van der Waals surface area contributed by atoms with E-state index in [2.05, 4.69) is 15.6 Å². The molecule has 162 valence electrons. The van der Waals surface area contributed by atoms with E-state index in [-0.39, 0.29) is 11.8 Å². The Balaban J connectivity index is 1.37. The van der Waals surface area contributed by atoms with Gasteiger partial charge in [0.25, 0.3) is 5.91 Å². The summed E-state index contributed by atoms with van der Waals surface area (Å²) >= 11 is 15.0. The summed E-state index contributed by atoms with van der Waals surface area (Å²) in [5.74, 6) is 0.109. The van der Waals surface area contributed by atoms with E-state index in [1.54, 1.807) is 24.3 Å². The molecule has 0 bridgehead atoms. The second kappa shape index (κ2) is 10.2. The molecule has 1 aliphatic rings. The van der Waals surface area contributed by atoms with Crippen LogP contribution in [0, 0.1) is 0 Å². The van der Waals surface area contributed by atoms with Crippen molar-refractivity contribution in [1.82, 2.24) is 10.3 Å². The largest absolute Gasteiger partial charge is 0.353 e. The van der Waals surface area contributed by atoms with Gasteiger partial charge < -0.3 is 10.6 Å². The summed E-state index contributed by atoms with van der Waals surface area (Å²) in [6, 6.07) is 10.6. The number of thioether (sulfide) groups is 1. The molecule has 2 N–H and O–H groups in total. The summed E-state index contributed by atoms with van der Waals surface area (Å²) in [6.07, 6.45) is 5.81. The van der Waals surface area contributed by atoms with Crippen LogP contribution >= 0.6 is 46.3 Å². The van der Waals surface area contributed by atoms with Gasteiger partial charge in [0, 0.05) is 16.8 Å². The third-order valence-electron chi connectivity index (χ3n) is 5.10. The zero-order chi connectivity index (χ0) is 21.8. The van der Waals surface area contributed by atoms with Crippen LogP contribution in [0.15, 0.2) is 40.7 Å². The number of aromatic nitrogens is 1. The summed E-state index contributed by atoms with van der Waals surface area (Å²) in [7, 11) is 0. The van der Waals surface area contributed by atoms with E-state index in [0.29, 0.717) is 33.1 Å². The zero-order valence-electron chi connectivity index (χ0n) is 16.6. The smallest absolute Gasteiger partial charge is 0.257 e. The predicted octanol–water partition coefficient (Wildman–Crippen LogP) is 6.40. The fourth-order valence-electron chi connectivity index (χ4n) is 3.56. The highest BCUT2D eigenvalue weighted by molar-refractivity contribution is 8.01. The average Bonchev–Trinajstić information content (AvgIpc) is 3.15. The number of rotatable bonds is 6. The van der Waals surface area contributed by atoms with E-state index >= 15 is 0 Å². The molecule has 0 atom stereocenters. The lowest BCUT2D eigenvalue weighted by Crippen LogP contribution is -2.37. The molecule has 0 spiro atoms. The van der Waals surface area contributed by atoms with Crippen LogP contribution in [0.25, 0.3) is 10.2 Å². The first-order valence-corrected chi connectivity index (χ1v) is 12.6. The Morgan fingerprint density at radius 2 is 1.90 bits per heavy atom. The highest BCUT2D eigenvalue weighted by Gasteiger charge is 2.17. The van der Waals surface area contributed by atoms with Gasteiger partial charge in [0.15, 0.2) is 4.34 Å². The SMILES string of the molecule is O=C(CSc1nc2ccc(NC(=O)c3ccc(Cl)cc3Cl)cc2s1)NC1CCCCC1. The molecule has 0 saturated heterocycles. The van der Waals surface area contributed by atoms with E-state index in [1.807, 2.05) is 12.1 Å². The van der Waals surface area contributed by atoms with Gasteiger partial charge in [0.05, 0.1) is 26.6 Å². The summed E-state index contributed by atoms with van der Waals surface area (Å²) in [4.78, 5) is 29.4. The Hall–Kier alpha value is -1.80. The predicted molar refractivity (Wildman–Crippen MR) is 130 cm³/mol. The molecule has 5 nitrogen and oxygen atoms in total. The maximum atomic E-state index is 12.5. The Morgan fingerprint density at radius 1 is 1.10 bits per heavy atom. The van der Waals surface area contributed by atoms with Crippen molar-refractivity contribution in [3.05, 3.63) is 52.0 Å². The van der Waals surface area contributed by atoms with Gasteiger partial charge in [-0.2, -0.15) is 0 Å². The third-order valence-corrected chi connectivity index (χ3v) is 7.81. The number of thiazole rings is 1. The second-order valence-corrected chi connectivity index (χ2v) is 10.5. The fraction of sp³-hybridized carbons (Fsp3) is 0.318. The van der Waals surface area contributed by atoms with Crippen molar-refractivity contribution in [3.8, 4) is 0 Å². The van der Waals surface area contributed by atoms with Gasteiger partial charge in [-0.15, -0.1) is 11.3 Å². The van der Waals surface area contributed by atoms with Crippen LogP contribution in [-0.4, -0.2) is 28.6 Å². The first-order chi connectivity index (χ1) is 15.0. The summed E-state index contributed by atoms with van der Waals surface area (Å²) < 4.78 is 1.77. The molecule has 2 aromatic carbocycles.